The zero-order valence-electron chi connectivity index (χ0n) is 15.5. The van der Waals surface area contributed by atoms with Gasteiger partial charge in [0.25, 0.3) is 0 Å². The molecule has 0 bridgehead atoms. The molecule has 0 atom stereocenters. The molecule has 2 aromatic heterocycles. The summed E-state index contributed by atoms with van der Waals surface area (Å²) in [5, 5.41) is 4.78. The minimum Gasteiger partial charge on any atom is -0.469 e. The molecule has 0 aliphatic rings. The second kappa shape index (κ2) is 7.82. The summed E-state index contributed by atoms with van der Waals surface area (Å²) in [4.78, 5) is 9.15. The predicted molar refractivity (Wildman–Crippen MR) is 108 cm³/mol. The van der Waals surface area contributed by atoms with Gasteiger partial charge in [-0.1, -0.05) is 59.2 Å². The van der Waals surface area contributed by atoms with Gasteiger partial charge >= 0.3 is 0 Å². The van der Waals surface area contributed by atoms with Gasteiger partial charge in [-0.2, -0.15) is 4.98 Å². The van der Waals surface area contributed by atoms with Crippen LogP contribution in [-0.4, -0.2) is 15.1 Å². The molecule has 4 aromatic rings. The fourth-order valence-electron chi connectivity index (χ4n) is 2.74. The molecule has 4 rings (SSSR count). The second-order valence-corrected chi connectivity index (χ2v) is 6.84. The smallest absolute Gasteiger partial charge is 0.220 e. The van der Waals surface area contributed by atoms with Crippen molar-refractivity contribution in [1.82, 2.24) is 15.1 Å². The van der Waals surface area contributed by atoms with Crippen molar-refractivity contribution < 1.29 is 9.26 Å². The second-order valence-electron chi connectivity index (χ2n) is 6.40. The maximum absolute atomic E-state index is 5.93. The molecule has 0 unspecified atom stereocenters. The summed E-state index contributed by atoms with van der Waals surface area (Å²) in [7, 11) is 0. The summed E-state index contributed by atoms with van der Waals surface area (Å²) in [5.74, 6) is 1.79. The summed E-state index contributed by atoms with van der Waals surface area (Å²) in [6.07, 6.45) is 0. The number of nitrogens with zero attached hydrogens (tertiary/aromatic N) is 3. The quantitative estimate of drug-likeness (QED) is 0.440. The van der Waals surface area contributed by atoms with Gasteiger partial charge in [-0.15, -0.1) is 0 Å². The molecule has 0 aliphatic carbocycles. The summed E-state index contributed by atoms with van der Waals surface area (Å²) in [6, 6.07) is 19.1. The highest BCUT2D eigenvalue weighted by Crippen LogP contribution is 2.25. The summed E-state index contributed by atoms with van der Waals surface area (Å²) >= 11 is 5.93. The molecular formula is C22H18ClN3O2. The molecule has 0 fully saturated rings. The van der Waals surface area contributed by atoms with Crippen LogP contribution in [0.1, 0.15) is 17.0 Å². The van der Waals surface area contributed by atoms with E-state index in [9.17, 15) is 0 Å². The molecule has 0 amide bonds. The van der Waals surface area contributed by atoms with Crippen LogP contribution >= 0.6 is 11.6 Å². The number of rotatable bonds is 5. The first-order valence-electron chi connectivity index (χ1n) is 8.85. The van der Waals surface area contributed by atoms with Crippen molar-refractivity contribution >= 4 is 11.6 Å². The van der Waals surface area contributed by atoms with Crippen LogP contribution < -0.4 is 4.74 Å². The first kappa shape index (κ1) is 18.2. The van der Waals surface area contributed by atoms with Gasteiger partial charge in [-0.05, 0) is 26.0 Å². The molecule has 140 valence electrons. The SMILES string of the molecule is Cc1nc(-c2ccccc2)nc(OCc2cc(-c3ccc(Cl)cc3)no2)c1C. The maximum atomic E-state index is 5.93. The van der Waals surface area contributed by atoms with Gasteiger partial charge < -0.3 is 9.26 Å². The van der Waals surface area contributed by atoms with Crippen LogP contribution in [0.25, 0.3) is 22.6 Å². The summed E-state index contributed by atoms with van der Waals surface area (Å²) in [6.45, 7) is 4.12. The predicted octanol–water partition coefficient (Wildman–Crippen LogP) is 5.65. The highest BCUT2D eigenvalue weighted by atomic mass is 35.5. The first-order valence-corrected chi connectivity index (χ1v) is 9.23. The Bertz CT molecular complexity index is 1090. The van der Waals surface area contributed by atoms with E-state index in [1.807, 2.05) is 74.5 Å². The third-order valence-electron chi connectivity index (χ3n) is 4.43. The summed E-state index contributed by atoms with van der Waals surface area (Å²) < 4.78 is 11.3. The van der Waals surface area contributed by atoms with Crippen molar-refractivity contribution in [2.45, 2.75) is 20.5 Å². The number of benzene rings is 2. The molecular weight excluding hydrogens is 374 g/mol. The minimum absolute atomic E-state index is 0.228. The van der Waals surface area contributed by atoms with Gasteiger partial charge in [0.1, 0.15) is 5.69 Å². The lowest BCUT2D eigenvalue weighted by atomic mass is 10.1. The number of halogens is 1. The molecule has 6 heteroatoms. The highest BCUT2D eigenvalue weighted by molar-refractivity contribution is 6.30. The van der Waals surface area contributed by atoms with Crippen molar-refractivity contribution in [3.8, 4) is 28.5 Å². The molecule has 0 spiro atoms. The monoisotopic (exact) mass is 391 g/mol. The van der Waals surface area contributed by atoms with Crippen LogP contribution in [0.15, 0.2) is 65.2 Å². The van der Waals surface area contributed by atoms with E-state index in [4.69, 9.17) is 20.9 Å². The van der Waals surface area contributed by atoms with Crippen LogP contribution in [0, 0.1) is 13.8 Å². The van der Waals surface area contributed by atoms with E-state index < -0.39 is 0 Å². The van der Waals surface area contributed by atoms with Crippen molar-refractivity contribution in [3.63, 3.8) is 0 Å². The molecule has 0 saturated carbocycles. The van der Waals surface area contributed by atoms with Gasteiger partial charge in [0.15, 0.2) is 18.2 Å². The Balaban J connectivity index is 1.54. The van der Waals surface area contributed by atoms with E-state index >= 15 is 0 Å². The Labute approximate surface area is 168 Å². The van der Waals surface area contributed by atoms with Crippen molar-refractivity contribution in [3.05, 3.63) is 82.7 Å². The molecule has 0 saturated heterocycles. The first-order chi connectivity index (χ1) is 13.6. The van der Waals surface area contributed by atoms with E-state index in [-0.39, 0.29) is 6.61 Å². The Morgan fingerprint density at radius 1 is 0.929 bits per heavy atom. The molecule has 2 heterocycles. The standard InChI is InChI=1S/C22H18ClN3O2/c1-14-15(2)24-21(17-6-4-3-5-7-17)25-22(14)27-13-19-12-20(26-28-19)16-8-10-18(23)11-9-16/h3-12H,13H2,1-2H3. The van der Waals surface area contributed by atoms with Crippen molar-refractivity contribution in [2.24, 2.45) is 0 Å². The number of aryl methyl sites for hydroxylation is 1. The van der Waals surface area contributed by atoms with Crippen LogP contribution in [0.5, 0.6) is 5.88 Å². The van der Waals surface area contributed by atoms with Gasteiger partial charge in [0, 0.05) is 33.5 Å². The zero-order valence-corrected chi connectivity index (χ0v) is 16.3. The lowest BCUT2D eigenvalue weighted by Gasteiger charge is -2.10. The fraction of sp³-hybridized carbons (Fsp3) is 0.136. The van der Waals surface area contributed by atoms with Crippen LogP contribution in [0.3, 0.4) is 0 Å². The van der Waals surface area contributed by atoms with Crippen molar-refractivity contribution in [2.75, 3.05) is 0 Å². The maximum Gasteiger partial charge on any atom is 0.220 e. The lowest BCUT2D eigenvalue weighted by Crippen LogP contribution is -2.03. The average molecular weight is 392 g/mol. The third kappa shape index (κ3) is 3.89. The third-order valence-corrected chi connectivity index (χ3v) is 4.68. The zero-order chi connectivity index (χ0) is 19.5. The normalized spacial score (nSPS) is 10.8. The Morgan fingerprint density at radius 3 is 2.43 bits per heavy atom. The number of hydrogen-bond acceptors (Lipinski definition) is 5. The number of hydrogen-bond donors (Lipinski definition) is 0. The summed E-state index contributed by atoms with van der Waals surface area (Å²) in [5.41, 5.74) is 4.39. The van der Waals surface area contributed by atoms with E-state index in [1.165, 1.54) is 0 Å². The molecule has 0 aliphatic heterocycles. The molecule has 2 aromatic carbocycles. The van der Waals surface area contributed by atoms with Crippen LogP contribution in [0.2, 0.25) is 5.02 Å². The number of aromatic nitrogens is 3. The van der Waals surface area contributed by atoms with Crippen LogP contribution in [-0.2, 0) is 6.61 Å². The van der Waals surface area contributed by atoms with Crippen molar-refractivity contribution in [1.29, 1.82) is 0 Å². The highest BCUT2D eigenvalue weighted by Gasteiger charge is 2.13. The largest absolute Gasteiger partial charge is 0.469 e. The van der Waals surface area contributed by atoms with Gasteiger partial charge in [0.05, 0.1) is 0 Å². The molecule has 0 radical (unpaired) electrons. The van der Waals surface area contributed by atoms with Gasteiger partial charge in [-0.25, -0.2) is 4.98 Å². The van der Waals surface area contributed by atoms with E-state index in [0.29, 0.717) is 22.5 Å². The van der Waals surface area contributed by atoms with E-state index in [0.717, 1.165) is 28.1 Å². The average Bonchev–Trinajstić information content (AvgIpc) is 3.19. The number of ether oxygens (including phenoxy) is 1. The Hall–Kier alpha value is -3.18. The Kier molecular flexibility index (Phi) is 5.08. The van der Waals surface area contributed by atoms with Crippen LogP contribution in [0.4, 0.5) is 0 Å². The van der Waals surface area contributed by atoms with E-state index in [1.54, 1.807) is 0 Å². The molecule has 0 N–H and O–H groups in total. The van der Waals surface area contributed by atoms with Gasteiger partial charge in [-0.3, -0.25) is 0 Å². The topological polar surface area (TPSA) is 61.0 Å². The fourth-order valence-corrected chi connectivity index (χ4v) is 2.86. The van der Waals surface area contributed by atoms with E-state index in [2.05, 4.69) is 15.1 Å². The minimum atomic E-state index is 0.228. The lowest BCUT2D eigenvalue weighted by molar-refractivity contribution is 0.240. The van der Waals surface area contributed by atoms with Gasteiger partial charge in [0.2, 0.25) is 5.88 Å². The Morgan fingerprint density at radius 2 is 1.68 bits per heavy atom. The molecule has 5 nitrogen and oxygen atoms in total. The molecule has 28 heavy (non-hydrogen) atoms.